The summed E-state index contributed by atoms with van der Waals surface area (Å²) in [5.74, 6) is 0.624. The van der Waals surface area contributed by atoms with E-state index in [4.69, 9.17) is 9.15 Å². The summed E-state index contributed by atoms with van der Waals surface area (Å²) in [7, 11) is 5.51. The molecule has 0 aliphatic rings. The van der Waals surface area contributed by atoms with Gasteiger partial charge in [0.15, 0.2) is 5.76 Å². The van der Waals surface area contributed by atoms with Crippen molar-refractivity contribution >= 4 is 17.3 Å². The Morgan fingerprint density at radius 2 is 1.90 bits per heavy atom. The zero-order valence-electron chi connectivity index (χ0n) is 11.8. The van der Waals surface area contributed by atoms with E-state index in [2.05, 4.69) is 5.32 Å². The highest BCUT2D eigenvalue weighted by Crippen LogP contribution is 2.17. The summed E-state index contributed by atoms with van der Waals surface area (Å²) >= 11 is 0. The summed E-state index contributed by atoms with van der Waals surface area (Å²) in [4.78, 5) is 14.0. The van der Waals surface area contributed by atoms with Crippen LogP contribution < -0.4 is 10.2 Å². The highest BCUT2D eigenvalue weighted by Gasteiger charge is 2.11. The van der Waals surface area contributed by atoms with Crippen molar-refractivity contribution in [1.82, 2.24) is 0 Å². The Hall–Kier alpha value is -2.27. The number of nitrogens with zero attached hydrogens (tertiary/aromatic N) is 1. The van der Waals surface area contributed by atoms with Gasteiger partial charge in [-0.05, 0) is 36.4 Å². The Morgan fingerprint density at radius 1 is 1.20 bits per heavy atom. The second kappa shape index (κ2) is 6.25. The van der Waals surface area contributed by atoms with Gasteiger partial charge < -0.3 is 19.4 Å². The highest BCUT2D eigenvalue weighted by molar-refractivity contribution is 6.02. The average Bonchev–Trinajstić information content (AvgIpc) is 2.88. The van der Waals surface area contributed by atoms with E-state index in [0.29, 0.717) is 12.4 Å². The number of anilines is 2. The van der Waals surface area contributed by atoms with Crippen LogP contribution in [0.3, 0.4) is 0 Å². The van der Waals surface area contributed by atoms with Crippen LogP contribution in [0.15, 0.2) is 40.8 Å². The smallest absolute Gasteiger partial charge is 0.291 e. The predicted molar refractivity (Wildman–Crippen MR) is 78.1 cm³/mol. The van der Waals surface area contributed by atoms with E-state index in [1.807, 2.05) is 43.3 Å². The van der Waals surface area contributed by atoms with Crippen LogP contribution in [0.2, 0.25) is 0 Å². The number of rotatable bonds is 5. The molecule has 0 unspecified atom stereocenters. The maximum atomic E-state index is 12.0. The second-order valence-electron chi connectivity index (χ2n) is 4.59. The lowest BCUT2D eigenvalue weighted by molar-refractivity contribution is 0.0987. The van der Waals surface area contributed by atoms with Gasteiger partial charge in [-0.3, -0.25) is 4.79 Å². The molecule has 1 amide bonds. The lowest BCUT2D eigenvalue weighted by Crippen LogP contribution is -2.12. The number of furan rings is 1. The van der Waals surface area contributed by atoms with Gasteiger partial charge in [0.2, 0.25) is 0 Å². The molecule has 2 rings (SSSR count). The van der Waals surface area contributed by atoms with Crippen molar-refractivity contribution in [3.63, 3.8) is 0 Å². The fourth-order valence-corrected chi connectivity index (χ4v) is 1.76. The second-order valence-corrected chi connectivity index (χ2v) is 4.59. The molecule has 0 saturated carbocycles. The van der Waals surface area contributed by atoms with Crippen LogP contribution in [0, 0.1) is 0 Å². The molecule has 106 valence electrons. The molecule has 0 fully saturated rings. The first-order valence-corrected chi connectivity index (χ1v) is 6.26. The van der Waals surface area contributed by atoms with Crippen molar-refractivity contribution in [3.05, 3.63) is 47.9 Å². The van der Waals surface area contributed by atoms with Gasteiger partial charge in [-0.15, -0.1) is 0 Å². The quantitative estimate of drug-likeness (QED) is 0.911. The van der Waals surface area contributed by atoms with Crippen molar-refractivity contribution in [2.24, 2.45) is 0 Å². The highest BCUT2D eigenvalue weighted by atomic mass is 16.5. The Bertz CT molecular complexity index is 573. The minimum absolute atomic E-state index is 0.272. The molecule has 1 N–H and O–H groups in total. The molecule has 0 saturated heterocycles. The average molecular weight is 274 g/mol. The summed E-state index contributed by atoms with van der Waals surface area (Å²) < 4.78 is 10.3. The maximum Gasteiger partial charge on any atom is 0.291 e. The third kappa shape index (κ3) is 3.39. The third-order valence-corrected chi connectivity index (χ3v) is 2.81. The van der Waals surface area contributed by atoms with Crippen LogP contribution in [-0.4, -0.2) is 27.1 Å². The van der Waals surface area contributed by atoms with Crippen molar-refractivity contribution in [1.29, 1.82) is 0 Å². The van der Waals surface area contributed by atoms with E-state index >= 15 is 0 Å². The van der Waals surface area contributed by atoms with E-state index in [9.17, 15) is 4.79 Å². The first-order valence-electron chi connectivity index (χ1n) is 6.26. The van der Waals surface area contributed by atoms with Crippen LogP contribution in [-0.2, 0) is 11.3 Å². The lowest BCUT2D eigenvalue weighted by atomic mass is 10.2. The molecule has 0 atom stereocenters. The number of carbonyl (C=O) groups is 1. The van der Waals surface area contributed by atoms with Crippen LogP contribution in [0.4, 0.5) is 11.4 Å². The van der Waals surface area contributed by atoms with E-state index in [0.717, 1.165) is 11.4 Å². The largest absolute Gasteiger partial charge is 0.453 e. The van der Waals surface area contributed by atoms with Gasteiger partial charge >= 0.3 is 0 Å². The van der Waals surface area contributed by atoms with E-state index in [1.165, 1.54) is 0 Å². The van der Waals surface area contributed by atoms with Gasteiger partial charge in [0.1, 0.15) is 12.4 Å². The molecular formula is C15H18N2O3. The van der Waals surface area contributed by atoms with Gasteiger partial charge in [-0.1, -0.05) is 0 Å². The molecule has 1 heterocycles. The normalized spacial score (nSPS) is 10.3. The number of nitrogens with one attached hydrogen (secondary N) is 1. The summed E-state index contributed by atoms with van der Waals surface area (Å²) in [6.07, 6.45) is 0. The van der Waals surface area contributed by atoms with Crippen molar-refractivity contribution < 1.29 is 13.9 Å². The van der Waals surface area contributed by atoms with Gasteiger partial charge in [0, 0.05) is 32.6 Å². The molecule has 0 radical (unpaired) electrons. The minimum atomic E-state index is -0.273. The number of hydrogen-bond acceptors (Lipinski definition) is 4. The lowest BCUT2D eigenvalue weighted by Gasteiger charge is -2.12. The third-order valence-electron chi connectivity index (χ3n) is 2.81. The van der Waals surface area contributed by atoms with Gasteiger partial charge in [0.05, 0.1) is 0 Å². The maximum absolute atomic E-state index is 12.0. The monoisotopic (exact) mass is 274 g/mol. The fourth-order valence-electron chi connectivity index (χ4n) is 1.76. The standard InChI is InChI=1S/C15H18N2O3/c1-17(2)12-6-4-11(5-7-12)16-15(18)14-9-8-13(20-14)10-19-3/h4-9H,10H2,1-3H3,(H,16,18). The predicted octanol–water partition coefficient (Wildman–Crippen LogP) is 2.74. The Morgan fingerprint density at radius 3 is 2.50 bits per heavy atom. The number of carbonyl (C=O) groups excluding carboxylic acids is 1. The Balaban J connectivity index is 2.03. The summed E-state index contributed by atoms with van der Waals surface area (Å²) in [5.41, 5.74) is 1.80. The summed E-state index contributed by atoms with van der Waals surface area (Å²) in [6, 6.07) is 11.0. The summed E-state index contributed by atoms with van der Waals surface area (Å²) in [5, 5.41) is 2.79. The number of benzene rings is 1. The van der Waals surface area contributed by atoms with Crippen LogP contribution in [0.25, 0.3) is 0 Å². The first-order chi connectivity index (χ1) is 9.60. The van der Waals surface area contributed by atoms with Gasteiger partial charge in [-0.2, -0.15) is 0 Å². The first kappa shape index (κ1) is 14.1. The Labute approximate surface area is 118 Å². The fraction of sp³-hybridized carbons (Fsp3) is 0.267. The van der Waals surface area contributed by atoms with Crippen LogP contribution in [0.5, 0.6) is 0 Å². The van der Waals surface area contributed by atoms with E-state index in [1.54, 1.807) is 19.2 Å². The molecule has 0 aliphatic carbocycles. The minimum Gasteiger partial charge on any atom is -0.453 e. The van der Waals surface area contributed by atoms with E-state index < -0.39 is 0 Å². The molecule has 2 aromatic rings. The molecule has 20 heavy (non-hydrogen) atoms. The number of hydrogen-bond donors (Lipinski definition) is 1. The topological polar surface area (TPSA) is 54.7 Å². The molecule has 0 aliphatic heterocycles. The summed E-state index contributed by atoms with van der Waals surface area (Å²) in [6.45, 7) is 0.352. The Kier molecular flexibility index (Phi) is 4.42. The molecule has 0 bridgehead atoms. The molecular weight excluding hydrogens is 256 g/mol. The van der Waals surface area contributed by atoms with Crippen molar-refractivity contribution in [2.75, 3.05) is 31.4 Å². The van der Waals surface area contributed by atoms with Crippen molar-refractivity contribution in [2.45, 2.75) is 6.61 Å². The molecule has 1 aromatic carbocycles. The number of methoxy groups -OCH3 is 1. The molecule has 0 spiro atoms. The van der Waals surface area contributed by atoms with Crippen LogP contribution >= 0.6 is 0 Å². The number of ether oxygens (including phenoxy) is 1. The SMILES string of the molecule is COCc1ccc(C(=O)Nc2ccc(N(C)C)cc2)o1. The zero-order valence-corrected chi connectivity index (χ0v) is 11.8. The van der Waals surface area contributed by atoms with E-state index in [-0.39, 0.29) is 11.7 Å². The molecule has 5 heteroatoms. The van der Waals surface area contributed by atoms with Gasteiger partial charge in [-0.25, -0.2) is 0 Å². The van der Waals surface area contributed by atoms with Gasteiger partial charge in [0.25, 0.3) is 5.91 Å². The molecule has 1 aromatic heterocycles. The van der Waals surface area contributed by atoms with Crippen molar-refractivity contribution in [3.8, 4) is 0 Å². The number of amides is 1. The van der Waals surface area contributed by atoms with Crippen LogP contribution in [0.1, 0.15) is 16.3 Å². The molecule has 5 nitrogen and oxygen atoms in total. The zero-order chi connectivity index (χ0) is 14.5.